The molecule has 1 N–H and O–H groups in total. The second-order valence-corrected chi connectivity index (χ2v) is 4.84. The Labute approximate surface area is 133 Å². The molecule has 3 nitrogen and oxygen atoms in total. The maximum Gasteiger partial charge on any atom is 0.165 e. The van der Waals surface area contributed by atoms with Gasteiger partial charge in [0.25, 0.3) is 0 Å². The fraction of sp³-hybridized carbons (Fsp3) is 0.353. The molecule has 114 valence electrons. The highest BCUT2D eigenvalue weighted by molar-refractivity contribution is 5.99. The molecule has 0 spiro atoms. The van der Waals surface area contributed by atoms with Gasteiger partial charge in [0.05, 0.1) is 19.3 Å². The smallest absolute Gasteiger partial charge is 0.165 e. The van der Waals surface area contributed by atoms with Crippen LogP contribution in [0, 0.1) is 0 Å². The number of oxime groups is 1. The third kappa shape index (κ3) is 5.03. The summed E-state index contributed by atoms with van der Waals surface area (Å²) in [5.74, 6) is 0. The largest absolute Gasteiger partial charge is 1.00 e. The molecule has 0 atom stereocenters. The Bertz CT molecular complexity index is 562. The zero-order valence-electron chi connectivity index (χ0n) is 12.7. The molecule has 0 heterocycles. The Balaban J connectivity index is 0.00000220. The summed E-state index contributed by atoms with van der Waals surface area (Å²) in [6, 6.07) is 14.5. The van der Waals surface area contributed by atoms with Crippen LogP contribution in [0.5, 0.6) is 0 Å². The maximum absolute atomic E-state index is 5.37. The van der Waals surface area contributed by atoms with E-state index in [0.29, 0.717) is 6.61 Å². The lowest BCUT2D eigenvalue weighted by Gasteiger charge is -2.13. The number of hydrogen-bond acceptors (Lipinski definition) is 2. The second kappa shape index (κ2) is 9.37. The number of quaternary nitrogens is 1. The molecule has 0 saturated heterocycles. The summed E-state index contributed by atoms with van der Waals surface area (Å²) in [5, 5.41) is 6.53. The number of nitrogens with one attached hydrogen (secondary N) is 1. The van der Waals surface area contributed by atoms with Crippen LogP contribution in [-0.2, 0) is 4.84 Å². The molecule has 0 saturated carbocycles. The lowest BCUT2D eigenvalue weighted by atomic mass is 10.1. The summed E-state index contributed by atoms with van der Waals surface area (Å²) >= 11 is 0. The monoisotopic (exact) mass is 306 g/mol. The van der Waals surface area contributed by atoms with E-state index in [2.05, 4.69) is 43.3 Å². The van der Waals surface area contributed by atoms with Crippen LogP contribution in [0.1, 0.15) is 19.4 Å². The predicted molar refractivity (Wildman–Crippen MR) is 84.4 cm³/mol. The van der Waals surface area contributed by atoms with Gasteiger partial charge in [0.2, 0.25) is 0 Å². The van der Waals surface area contributed by atoms with Crippen molar-refractivity contribution in [3.63, 3.8) is 0 Å². The van der Waals surface area contributed by atoms with Crippen molar-refractivity contribution >= 4 is 17.0 Å². The zero-order chi connectivity index (χ0) is 14.2. The summed E-state index contributed by atoms with van der Waals surface area (Å²) in [6.07, 6.45) is 1.81. The summed E-state index contributed by atoms with van der Waals surface area (Å²) in [4.78, 5) is 6.90. The molecule has 2 aromatic rings. The molecule has 0 fully saturated rings. The van der Waals surface area contributed by atoms with E-state index in [1.165, 1.54) is 15.7 Å². The fourth-order valence-electron chi connectivity index (χ4n) is 2.30. The quantitative estimate of drug-likeness (QED) is 0.401. The molecule has 0 bridgehead atoms. The van der Waals surface area contributed by atoms with Crippen molar-refractivity contribution in [2.45, 2.75) is 13.8 Å². The molecule has 2 aromatic carbocycles. The highest BCUT2D eigenvalue weighted by Crippen LogP contribution is 2.16. The van der Waals surface area contributed by atoms with Gasteiger partial charge in [-0.25, -0.2) is 0 Å². The van der Waals surface area contributed by atoms with E-state index in [4.69, 9.17) is 4.84 Å². The Morgan fingerprint density at radius 3 is 2.52 bits per heavy atom. The van der Waals surface area contributed by atoms with Crippen LogP contribution in [0.15, 0.2) is 47.6 Å². The van der Waals surface area contributed by atoms with E-state index in [0.717, 1.165) is 25.2 Å². The van der Waals surface area contributed by atoms with Crippen molar-refractivity contribution in [2.75, 3.05) is 26.2 Å². The third-order valence-corrected chi connectivity index (χ3v) is 3.64. The van der Waals surface area contributed by atoms with Crippen LogP contribution >= 0.6 is 0 Å². The molecule has 0 aliphatic heterocycles. The van der Waals surface area contributed by atoms with Gasteiger partial charge in [0, 0.05) is 5.56 Å². The summed E-state index contributed by atoms with van der Waals surface area (Å²) in [5.41, 5.74) is 1.10. The van der Waals surface area contributed by atoms with Gasteiger partial charge in [-0.2, -0.15) is 0 Å². The standard InChI is InChI=1S/C17H22N2O.ClH/c1-3-19(4-2)12-13-20-18-14-16-10-7-9-15-8-5-6-11-17(15)16;/h5-11,14H,3-4,12-13H2,1-2H3;1H/b18-14+;. The molecule has 0 aliphatic carbocycles. The molecule has 0 aliphatic rings. The lowest BCUT2D eigenvalue weighted by molar-refractivity contribution is -0.896. The van der Waals surface area contributed by atoms with Crippen molar-refractivity contribution in [3.8, 4) is 0 Å². The normalized spacial score (nSPS) is 11.0. The molecule has 0 amide bonds. The van der Waals surface area contributed by atoms with E-state index in [-0.39, 0.29) is 12.4 Å². The number of rotatable bonds is 7. The maximum atomic E-state index is 5.37. The highest BCUT2D eigenvalue weighted by atomic mass is 35.5. The van der Waals surface area contributed by atoms with E-state index < -0.39 is 0 Å². The molecule has 21 heavy (non-hydrogen) atoms. The minimum absolute atomic E-state index is 0. The first kappa shape index (κ1) is 17.5. The van der Waals surface area contributed by atoms with Gasteiger partial charge in [0.1, 0.15) is 6.54 Å². The Morgan fingerprint density at radius 1 is 1.05 bits per heavy atom. The van der Waals surface area contributed by atoms with E-state index >= 15 is 0 Å². The van der Waals surface area contributed by atoms with E-state index in [1.54, 1.807) is 6.21 Å². The molecule has 2 rings (SSSR count). The first-order chi connectivity index (χ1) is 9.85. The molecule has 0 aromatic heterocycles. The van der Waals surface area contributed by atoms with Crippen molar-refractivity contribution in [2.24, 2.45) is 5.16 Å². The van der Waals surface area contributed by atoms with Gasteiger partial charge in [-0.05, 0) is 24.6 Å². The number of nitrogens with zero attached hydrogens (tertiary/aromatic N) is 1. The van der Waals surface area contributed by atoms with E-state index in [1.807, 2.05) is 18.2 Å². The fourth-order valence-corrected chi connectivity index (χ4v) is 2.30. The topological polar surface area (TPSA) is 26.0 Å². The second-order valence-electron chi connectivity index (χ2n) is 4.84. The first-order valence-electron chi connectivity index (χ1n) is 7.31. The number of fused-ring (bicyclic) bond motifs is 1. The Hall–Kier alpha value is -1.58. The molecule has 4 heteroatoms. The number of benzene rings is 2. The van der Waals surface area contributed by atoms with Gasteiger partial charge in [-0.15, -0.1) is 0 Å². The summed E-state index contributed by atoms with van der Waals surface area (Å²) in [7, 11) is 0. The van der Waals surface area contributed by atoms with Gasteiger partial charge >= 0.3 is 0 Å². The summed E-state index contributed by atoms with van der Waals surface area (Å²) < 4.78 is 0. The molecular formula is C17H23ClN2O. The van der Waals surface area contributed by atoms with E-state index in [9.17, 15) is 0 Å². The predicted octanol–water partition coefficient (Wildman–Crippen LogP) is -0.881. The third-order valence-electron chi connectivity index (χ3n) is 3.64. The van der Waals surface area contributed by atoms with Crippen LogP contribution in [0.25, 0.3) is 10.8 Å². The van der Waals surface area contributed by atoms with Gasteiger partial charge in [-0.3, -0.25) is 0 Å². The average molecular weight is 307 g/mol. The zero-order valence-corrected chi connectivity index (χ0v) is 13.4. The number of hydrogen-bond donors (Lipinski definition) is 1. The minimum atomic E-state index is 0. The van der Waals surface area contributed by atoms with Crippen molar-refractivity contribution in [1.29, 1.82) is 0 Å². The minimum Gasteiger partial charge on any atom is -1.00 e. The van der Waals surface area contributed by atoms with Crippen LogP contribution in [0.4, 0.5) is 0 Å². The van der Waals surface area contributed by atoms with Crippen LogP contribution in [0.2, 0.25) is 0 Å². The molecule has 0 radical (unpaired) electrons. The number of halogens is 1. The Kier molecular flexibility index (Phi) is 7.80. The number of likely N-dealkylation sites (N-methyl/N-ethyl adjacent to an activating group) is 1. The van der Waals surface area contributed by atoms with Crippen molar-refractivity contribution in [1.82, 2.24) is 0 Å². The van der Waals surface area contributed by atoms with Gasteiger partial charge < -0.3 is 22.1 Å². The van der Waals surface area contributed by atoms with Crippen LogP contribution in [-0.4, -0.2) is 32.5 Å². The van der Waals surface area contributed by atoms with Crippen LogP contribution < -0.4 is 17.3 Å². The van der Waals surface area contributed by atoms with Crippen LogP contribution in [0.3, 0.4) is 0 Å². The van der Waals surface area contributed by atoms with Gasteiger partial charge in [0.15, 0.2) is 6.61 Å². The lowest BCUT2D eigenvalue weighted by Crippen LogP contribution is -3.11. The van der Waals surface area contributed by atoms with Crippen molar-refractivity contribution in [3.05, 3.63) is 48.0 Å². The summed E-state index contributed by atoms with van der Waals surface area (Å²) in [6.45, 7) is 8.31. The highest BCUT2D eigenvalue weighted by Gasteiger charge is 2.01. The molecule has 0 unspecified atom stereocenters. The van der Waals surface area contributed by atoms with Gasteiger partial charge in [-0.1, -0.05) is 47.6 Å². The van der Waals surface area contributed by atoms with Crippen molar-refractivity contribution < 1.29 is 22.1 Å². The Morgan fingerprint density at radius 2 is 1.76 bits per heavy atom. The average Bonchev–Trinajstić information content (AvgIpc) is 2.51. The first-order valence-corrected chi connectivity index (χ1v) is 7.31. The SMILES string of the molecule is CC[NH+](CC)CCO/N=C/c1cccc2ccccc12.[Cl-]. The molecular weight excluding hydrogens is 284 g/mol.